The Bertz CT molecular complexity index is 95.3. The Morgan fingerprint density at radius 2 is 2.40 bits per heavy atom. The van der Waals surface area contributed by atoms with E-state index in [0.717, 1.165) is 12.5 Å². The van der Waals surface area contributed by atoms with Gasteiger partial charge in [-0.15, -0.1) is 0 Å². The molecule has 0 aliphatic carbocycles. The molecule has 60 valence electrons. The average molecular weight is 144 g/mol. The van der Waals surface area contributed by atoms with Gasteiger partial charge in [0.05, 0.1) is 19.7 Å². The molecule has 1 aliphatic heterocycles. The van der Waals surface area contributed by atoms with E-state index in [0.29, 0.717) is 0 Å². The van der Waals surface area contributed by atoms with Gasteiger partial charge in [0.15, 0.2) is 0 Å². The lowest BCUT2D eigenvalue weighted by molar-refractivity contribution is -0.889. The van der Waals surface area contributed by atoms with Crippen LogP contribution in [0.4, 0.5) is 0 Å². The van der Waals surface area contributed by atoms with Crippen molar-refractivity contribution in [1.29, 1.82) is 0 Å². The summed E-state index contributed by atoms with van der Waals surface area (Å²) in [6.07, 6.45) is 1.40. The molecule has 1 N–H and O–H groups in total. The van der Waals surface area contributed by atoms with E-state index in [-0.39, 0.29) is 0 Å². The first-order valence-corrected chi connectivity index (χ1v) is 4.15. The van der Waals surface area contributed by atoms with Crippen LogP contribution < -0.4 is 4.90 Å². The van der Waals surface area contributed by atoms with Gasteiger partial charge in [0, 0.05) is 19.4 Å². The number of methoxy groups -OCH3 is 1. The molecule has 0 saturated carbocycles. The van der Waals surface area contributed by atoms with Crippen LogP contribution in [0.25, 0.3) is 0 Å². The van der Waals surface area contributed by atoms with Crippen molar-refractivity contribution >= 4 is 0 Å². The van der Waals surface area contributed by atoms with Gasteiger partial charge in [0.2, 0.25) is 0 Å². The average Bonchev–Trinajstić information content (AvgIpc) is 2.31. The highest BCUT2D eigenvalue weighted by Gasteiger charge is 2.21. The lowest BCUT2D eigenvalue weighted by atomic mass is 10.2. The van der Waals surface area contributed by atoms with Gasteiger partial charge in [0.25, 0.3) is 0 Å². The van der Waals surface area contributed by atoms with E-state index in [1.54, 1.807) is 12.0 Å². The number of hydrogen-bond acceptors (Lipinski definition) is 1. The number of quaternary nitrogens is 1. The van der Waals surface area contributed by atoms with Crippen molar-refractivity contribution in [1.82, 2.24) is 0 Å². The molecular weight excluding hydrogens is 126 g/mol. The van der Waals surface area contributed by atoms with Crippen molar-refractivity contribution in [3.05, 3.63) is 0 Å². The molecule has 2 nitrogen and oxygen atoms in total. The minimum Gasteiger partial charge on any atom is -0.379 e. The van der Waals surface area contributed by atoms with Crippen molar-refractivity contribution in [3.8, 4) is 0 Å². The highest BCUT2D eigenvalue weighted by molar-refractivity contribution is 4.55. The van der Waals surface area contributed by atoms with Gasteiger partial charge in [-0.3, -0.25) is 0 Å². The minimum absolute atomic E-state index is 0.919. The summed E-state index contributed by atoms with van der Waals surface area (Å²) in [4.78, 5) is 1.72. The monoisotopic (exact) mass is 144 g/mol. The largest absolute Gasteiger partial charge is 0.379 e. The number of likely N-dealkylation sites (tertiary alicyclic amines) is 1. The second-order valence-corrected chi connectivity index (χ2v) is 3.34. The molecule has 2 heteroatoms. The lowest BCUT2D eigenvalue weighted by Crippen LogP contribution is -3.10. The molecule has 0 bridgehead atoms. The fourth-order valence-corrected chi connectivity index (χ4v) is 1.62. The zero-order valence-electron chi connectivity index (χ0n) is 7.02. The Hall–Kier alpha value is -0.0800. The van der Waals surface area contributed by atoms with Gasteiger partial charge in [0.1, 0.15) is 6.54 Å². The fourth-order valence-electron chi connectivity index (χ4n) is 1.62. The van der Waals surface area contributed by atoms with Crippen LogP contribution in [-0.2, 0) is 4.74 Å². The third-order valence-corrected chi connectivity index (χ3v) is 2.29. The van der Waals surface area contributed by atoms with E-state index in [1.165, 1.54) is 26.1 Å². The summed E-state index contributed by atoms with van der Waals surface area (Å²) in [5.74, 6) is 0.937. The summed E-state index contributed by atoms with van der Waals surface area (Å²) >= 11 is 0. The minimum atomic E-state index is 0.919. The summed E-state index contributed by atoms with van der Waals surface area (Å²) in [5, 5.41) is 0. The second-order valence-electron chi connectivity index (χ2n) is 3.34. The van der Waals surface area contributed by atoms with E-state index < -0.39 is 0 Å². The summed E-state index contributed by atoms with van der Waals surface area (Å²) in [6, 6.07) is 0. The highest BCUT2D eigenvalue weighted by atomic mass is 16.5. The van der Waals surface area contributed by atoms with Crippen molar-refractivity contribution in [2.45, 2.75) is 13.3 Å². The van der Waals surface area contributed by atoms with Crippen molar-refractivity contribution in [2.24, 2.45) is 5.92 Å². The normalized spacial score (nSPS) is 33.0. The van der Waals surface area contributed by atoms with Crippen LogP contribution in [0, 0.1) is 5.92 Å². The standard InChI is InChI=1S/C8H17NO/c1-8-3-4-9(7-8)5-6-10-2/h8H,3-7H2,1-2H3/p+1. The third kappa shape index (κ3) is 2.27. The van der Waals surface area contributed by atoms with Gasteiger partial charge in [-0.1, -0.05) is 6.92 Å². The van der Waals surface area contributed by atoms with Gasteiger partial charge in [-0.05, 0) is 0 Å². The van der Waals surface area contributed by atoms with Crippen LogP contribution in [0.15, 0.2) is 0 Å². The molecule has 0 amide bonds. The van der Waals surface area contributed by atoms with Crippen molar-refractivity contribution in [3.63, 3.8) is 0 Å². The van der Waals surface area contributed by atoms with E-state index in [2.05, 4.69) is 6.92 Å². The Labute approximate surface area is 63.2 Å². The molecular formula is C8H18NO+. The number of nitrogens with one attached hydrogen (secondary N) is 1. The molecule has 0 aromatic heterocycles. The van der Waals surface area contributed by atoms with Crippen LogP contribution in [0.2, 0.25) is 0 Å². The van der Waals surface area contributed by atoms with Gasteiger partial charge >= 0.3 is 0 Å². The molecule has 2 atom stereocenters. The Morgan fingerprint density at radius 3 is 2.90 bits per heavy atom. The third-order valence-electron chi connectivity index (χ3n) is 2.29. The predicted molar refractivity (Wildman–Crippen MR) is 41.2 cm³/mol. The van der Waals surface area contributed by atoms with E-state index in [1.807, 2.05) is 0 Å². The van der Waals surface area contributed by atoms with Crippen molar-refractivity contribution < 1.29 is 9.64 Å². The molecule has 10 heavy (non-hydrogen) atoms. The molecule has 1 fully saturated rings. The number of hydrogen-bond donors (Lipinski definition) is 1. The molecule has 1 rings (SSSR count). The molecule has 0 spiro atoms. The first kappa shape index (κ1) is 8.02. The fraction of sp³-hybridized carbons (Fsp3) is 1.00. The number of ether oxygens (including phenoxy) is 1. The quantitative estimate of drug-likeness (QED) is 0.567. The van der Waals surface area contributed by atoms with E-state index in [4.69, 9.17) is 4.74 Å². The molecule has 1 saturated heterocycles. The summed E-state index contributed by atoms with van der Waals surface area (Å²) < 4.78 is 5.02. The zero-order valence-corrected chi connectivity index (χ0v) is 7.02. The first-order chi connectivity index (χ1) is 4.83. The summed E-state index contributed by atoms with van der Waals surface area (Å²) in [6.45, 7) is 7.15. The maximum atomic E-state index is 5.02. The SMILES string of the molecule is COCC[NH+]1CCC(C)C1. The van der Waals surface area contributed by atoms with Crippen LogP contribution in [-0.4, -0.2) is 33.4 Å². The van der Waals surface area contributed by atoms with Gasteiger partial charge in [-0.2, -0.15) is 0 Å². The Kier molecular flexibility index (Phi) is 3.16. The molecule has 1 heterocycles. The molecule has 0 aromatic rings. The number of rotatable bonds is 3. The van der Waals surface area contributed by atoms with E-state index in [9.17, 15) is 0 Å². The predicted octanol–water partition coefficient (Wildman–Crippen LogP) is -0.442. The van der Waals surface area contributed by atoms with Crippen LogP contribution in [0.3, 0.4) is 0 Å². The van der Waals surface area contributed by atoms with Crippen LogP contribution in [0.5, 0.6) is 0 Å². The maximum Gasteiger partial charge on any atom is 0.101 e. The van der Waals surface area contributed by atoms with Crippen molar-refractivity contribution in [2.75, 3.05) is 33.4 Å². The zero-order chi connectivity index (χ0) is 7.40. The van der Waals surface area contributed by atoms with Crippen LogP contribution in [0.1, 0.15) is 13.3 Å². The summed E-state index contributed by atoms with van der Waals surface area (Å²) in [7, 11) is 1.78. The summed E-state index contributed by atoms with van der Waals surface area (Å²) in [5.41, 5.74) is 0. The maximum absolute atomic E-state index is 5.02. The molecule has 1 aliphatic rings. The second kappa shape index (κ2) is 3.94. The van der Waals surface area contributed by atoms with Crippen LogP contribution >= 0.6 is 0 Å². The topological polar surface area (TPSA) is 13.7 Å². The molecule has 0 aromatic carbocycles. The smallest absolute Gasteiger partial charge is 0.101 e. The highest BCUT2D eigenvalue weighted by Crippen LogP contribution is 1.99. The Balaban J connectivity index is 2.06. The Morgan fingerprint density at radius 1 is 1.60 bits per heavy atom. The van der Waals surface area contributed by atoms with E-state index >= 15 is 0 Å². The lowest BCUT2D eigenvalue weighted by Gasteiger charge is -2.10. The first-order valence-electron chi connectivity index (χ1n) is 4.15. The molecule has 0 radical (unpaired) electrons. The molecule has 2 unspecified atom stereocenters. The van der Waals surface area contributed by atoms with Gasteiger partial charge in [-0.25, -0.2) is 0 Å². The van der Waals surface area contributed by atoms with Gasteiger partial charge < -0.3 is 9.64 Å².